The summed E-state index contributed by atoms with van der Waals surface area (Å²) in [5.74, 6) is 0. The van der Waals surface area contributed by atoms with Crippen LogP contribution in [0.2, 0.25) is 0 Å². The van der Waals surface area contributed by atoms with Crippen LogP contribution in [-0.2, 0) is 0 Å². The minimum absolute atomic E-state index is 0.896. The van der Waals surface area contributed by atoms with Gasteiger partial charge in [0.25, 0.3) is 0 Å². The molecule has 0 bridgehead atoms. The van der Waals surface area contributed by atoms with Crippen molar-refractivity contribution in [2.45, 2.75) is 0 Å². The van der Waals surface area contributed by atoms with Crippen LogP contribution >= 0.6 is 0 Å². The molecule has 0 aliphatic heterocycles. The smallest absolute Gasteiger partial charge is 0.145 e. The van der Waals surface area contributed by atoms with Gasteiger partial charge in [-0.05, 0) is 90.5 Å². The van der Waals surface area contributed by atoms with Crippen LogP contribution in [0, 0.1) is 0 Å². The minimum Gasteiger partial charge on any atom is -0.455 e. The maximum atomic E-state index is 6.87. The van der Waals surface area contributed by atoms with E-state index < -0.39 is 0 Å². The second kappa shape index (κ2) is 11.8. The van der Waals surface area contributed by atoms with E-state index in [4.69, 9.17) is 4.42 Å². The van der Waals surface area contributed by atoms with Crippen molar-refractivity contribution in [1.82, 2.24) is 13.7 Å². The summed E-state index contributed by atoms with van der Waals surface area (Å²) in [5, 5.41) is 9.40. The van der Waals surface area contributed by atoms with Gasteiger partial charge in [0, 0.05) is 60.3 Å². The number of fused-ring (bicyclic) bond motifs is 14. The molecule has 0 saturated heterocycles. The van der Waals surface area contributed by atoms with Crippen LogP contribution in [0.5, 0.6) is 0 Å². The molecule has 13 aromatic rings. The standard InChI is InChI=1S/C54H33N3O/c1-4-16-35(17-5-1)55-45-25-13-10-22-38(45)43-32-34(28-30-47(43)55)42-33-44-50-48(31-29-40-39-23-12-15-27-49(39)58-54(40)50)57(37-20-8-3-9-21-37)53(44)51-41-24-11-14-26-46(41)56(52(42)51)36-18-6-2-7-19-36/h1-33H. The fraction of sp³-hybridized carbons (Fsp3) is 0. The van der Waals surface area contributed by atoms with Gasteiger partial charge in [0.1, 0.15) is 11.2 Å². The van der Waals surface area contributed by atoms with Gasteiger partial charge in [-0.3, -0.25) is 0 Å². The van der Waals surface area contributed by atoms with Gasteiger partial charge in [-0.15, -0.1) is 0 Å². The highest BCUT2D eigenvalue weighted by molar-refractivity contribution is 6.33. The first-order valence-electron chi connectivity index (χ1n) is 19.9. The molecule has 0 radical (unpaired) electrons. The van der Waals surface area contributed by atoms with Crippen LogP contribution in [0.25, 0.3) is 116 Å². The highest BCUT2D eigenvalue weighted by Crippen LogP contribution is 2.49. The molecule has 0 unspecified atom stereocenters. The van der Waals surface area contributed by atoms with E-state index in [0.717, 1.165) is 66.4 Å². The van der Waals surface area contributed by atoms with E-state index in [2.05, 4.69) is 214 Å². The quantitative estimate of drug-likeness (QED) is 0.177. The lowest BCUT2D eigenvalue weighted by atomic mass is 9.96. The molecule has 9 aromatic carbocycles. The monoisotopic (exact) mass is 739 g/mol. The van der Waals surface area contributed by atoms with Crippen molar-refractivity contribution >= 4 is 87.4 Å². The summed E-state index contributed by atoms with van der Waals surface area (Å²) in [5.41, 5.74) is 14.5. The van der Waals surface area contributed by atoms with E-state index in [9.17, 15) is 0 Å². The molecule has 270 valence electrons. The summed E-state index contributed by atoms with van der Waals surface area (Å²) in [6.45, 7) is 0. The van der Waals surface area contributed by atoms with Gasteiger partial charge in [0.05, 0.1) is 38.5 Å². The number of hydrogen-bond acceptors (Lipinski definition) is 1. The lowest BCUT2D eigenvalue weighted by molar-refractivity contribution is 0.673. The Morgan fingerprint density at radius 2 is 0.845 bits per heavy atom. The highest BCUT2D eigenvalue weighted by atomic mass is 16.3. The van der Waals surface area contributed by atoms with E-state index in [1.165, 1.54) is 49.2 Å². The molecule has 0 fully saturated rings. The number of aromatic nitrogens is 3. The predicted molar refractivity (Wildman–Crippen MR) is 242 cm³/mol. The molecule has 58 heavy (non-hydrogen) atoms. The number of furan rings is 1. The molecular weight excluding hydrogens is 707 g/mol. The van der Waals surface area contributed by atoms with Gasteiger partial charge >= 0.3 is 0 Å². The lowest BCUT2D eigenvalue weighted by Crippen LogP contribution is -1.97. The van der Waals surface area contributed by atoms with E-state index in [1.807, 2.05) is 0 Å². The Morgan fingerprint density at radius 1 is 0.310 bits per heavy atom. The van der Waals surface area contributed by atoms with Gasteiger partial charge in [-0.1, -0.05) is 115 Å². The number of rotatable bonds is 4. The summed E-state index contributed by atoms with van der Waals surface area (Å²) in [6, 6.07) is 72.4. The van der Waals surface area contributed by atoms with E-state index in [0.29, 0.717) is 0 Å². The number of benzene rings is 9. The van der Waals surface area contributed by atoms with Gasteiger partial charge < -0.3 is 18.1 Å². The topological polar surface area (TPSA) is 27.9 Å². The summed E-state index contributed by atoms with van der Waals surface area (Å²) in [6.07, 6.45) is 0. The summed E-state index contributed by atoms with van der Waals surface area (Å²) in [4.78, 5) is 0. The number of hydrogen-bond donors (Lipinski definition) is 0. The van der Waals surface area contributed by atoms with Gasteiger partial charge in [-0.25, -0.2) is 0 Å². The Morgan fingerprint density at radius 3 is 1.55 bits per heavy atom. The molecule has 0 aliphatic carbocycles. The van der Waals surface area contributed by atoms with Crippen molar-refractivity contribution in [2.24, 2.45) is 0 Å². The van der Waals surface area contributed by atoms with Crippen molar-refractivity contribution in [1.29, 1.82) is 0 Å². The Labute approximate surface area is 332 Å². The van der Waals surface area contributed by atoms with Gasteiger partial charge in [-0.2, -0.15) is 0 Å². The van der Waals surface area contributed by atoms with Gasteiger partial charge in [0.15, 0.2) is 0 Å². The largest absolute Gasteiger partial charge is 0.455 e. The third kappa shape index (κ3) is 4.23. The summed E-state index contributed by atoms with van der Waals surface area (Å²) < 4.78 is 14.2. The van der Waals surface area contributed by atoms with Crippen molar-refractivity contribution < 1.29 is 4.42 Å². The zero-order valence-corrected chi connectivity index (χ0v) is 31.3. The predicted octanol–water partition coefficient (Wildman–Crippen LogP) is 14.5. The first-order chi connectivity index (χ1) is 28.8. The molecule has 0 atom stereocenters. The fourth-order valence-corrected chi connectivity index (χ4v) is 9.83. The van der Waals surface area contributed by atoms with Crippen LogP contribution in [0.4, 0.5) is 0 Å². The molecule has 4 nitrogen and oxygen atoms in total. The Hall–Kier alpha value is -7.82. The third-order valence-corrected chi connectivity index (χ3v) is 12.2. The average molecular weight is 740 g/mol. The third-order valence-electron chi connectivity index (χ3n) is 12.2. The van der Waals surface area contributed by atoms with Crippen LogP contribution < -0.4 is 0 Å². The Kier molecular flexibility index (Phi) is 6.41. The molecule has 0 saturated carbocycles. The second-order valence-electron chi connectivity index (χ2n) is 15.3. The average Bonchev–Trinajstić information content (AvgIpc) is 4.03. The van der Waals surface area contributed by atoms with E-state index in [-0.39, 0.29) is 0 Å². The summed E-state index contributed by atoms with van der Waals surface area (Å²) in [7, 11) is 0. The molecule has 0 N–H and O–H groups in total. The first-order valence-corrected chi connectivity index (χ1v) is 19.9. The van der Waals surface area contributed by atoms with Crippen LogP contribution in [-0.4, -0.2) is 13.7 Å². The van der Waals surface area contributed by atoms with E-state index in [1.54, 1.807) is 0 Å². The molecule has 0 aliphatic rings. The molecule has 4 aromatic heterocycles. The van der Waals surface area contributed by atoms with Crippen molar-refractivity contribution in [2.75, 3.05) is 0 Å². The molecule has 0 amide bonds. The maximum absolute atomic E-state index is 6.87. The number of nitrogens with zero attached hydrogens (tertiary/aromatic N) is 3. The van der Waals surface area contributed by atoms with Crippen LogP contribution in [0.15, 0.2) is 205 Å². The molecular formula is C54H33N3O. The van der Waals surface area contributed by atoms with Crippen molar-refractivity contribution in [3.63, 3.8) is 0 Å². The Balaban J connectivity index is 1.26. The normalized spacial score (nSPS) is 12.1. The lowest BCUT2D eigenvalue weighted by Gasteiger charge is -2.14. The van der Waals surface area contributed by atoms with Crippen molar-refractivity contribution in [3.05, 3.63) is 200 Å². The Bertz CT molecular complexity index is 3770. The molecule has 4 heteroatoms. The second-order valence-corrected chi connectivity index (χ2v) is 15.3. The summed E-state index contributed by atoms with van der Waals surface area (Å²) >= 11 is 0. The molecule has 13 rings (SSSR count). The number of para-hydroxylation sites is 6. The van der Waals surface area contributed by atoms with E-state index >= 15 is 0 Å². The van der Waals surface area contributed by atoms with Gasteiger partial charge in [0.2, 0.25) is 0 Å². The first kappa shape index (κ1) is 31.4. The van der Waals surface area contributed by atoms with Crippen LogP contribution in [0.1, 0.15) is 0 Å². The maximum Gasteiger partial charge on any atom is 0.145 e. The van der Waals surface area contributed by atoms with Crippen LogP contribution in [0.3, 0.4) is 0 Å². The minimum atomic E-state index is 0.896. The highest BCUT2D eigenvalue weighted by Gasteiger charge is 2.27. The SMILES string of the molecule is c1ccc(-n2c3ccccc3c3cc(-c4cc5c6c7oc8ccccc8c7ccc6n(-c6ccccc6)c5c5c6ccccc6n(-c6ccccc6)c45)ccc32)cc1. The molecule has 0 spiro atoms. The fourth-order valence-electron chi connectivity index (χ4n) is 9.83. The van der Waals surface area contributed by atoms with Crippen molar-refractivity contribution in [3.8, 4) is 28.2 Å². The zero-order chi connectivity index (χ0) is 37.9. The molecule has 4 heterocycles. The zero-order valence-electron chi connectivity index (χ0n) is 31.3.